The summed E-state index contributed by atoms with van der Waals surface area (Å²) in [4.78, 5) is 28.9. The molecule has 6 nitrogen and oxygen atoms in total. The number of amides is 2. The summed E-state index contributed by atoms with van der Waals surface area (Å²) in [6, 6.07) is 13.8. The van der Waals surface area contributed by atoms with Crippen LogP contribution in [0.3, 0.4) is 0 Å². The Morgan fingerprint density at radius 3 is 2.30 bits per heavy atom. The molecule has 2 aromatic carbocycles. The molecule has 0 radical (unpaired) electrons. The molecule has 0 fully saturated rings. The van der Waals surface area contributed by atoms with Crippen LogP contribution >= 0.6 is 0 Å². The Kier molecular flexibility index (Phi) is 5.82. The first-order valence-electron chi connectivity index (χ1n) is 9.29. The Balaban J connectivity index is 2.06. The zero-order valence-corrected chi connectivity index (χ0v) is 16.4. The molecular formula is C21H21F3N3O3+. The first kappa shape index (κ1) is 21.4. The van der Waals surface area contributed by atoms with Crippen molar-refractivity contribution in [2.24, 2.45) is 0 Å². The van der Waals surface area contributed by atoms with Gasteiger partial charge in [0.2, 0.25) is 0 Å². The molecule has 0 saturated carbocycles. The Labute approximate surface area is 171 Å². The van der Waals surface area contributed by atoms with Crippen LogP contribution in [0.1, 0.15) is 29.3 Å². The molecule has 0 saturated heterocycles. The van der Waals surface area contributed by atoms with Crippen LogP contribution < -0.4 is 15.0 Å². The summed E-state index contributed by atoms with van der Waals surface area (Å²) >= 11 is 0. The van der Waals surface area contributed by atoms with Gasteiger partial charge in [-0.1, -0.05) is 25.1 Å². The first-order valence-corrected chi connectivity index (χ1v) is 9.29. The van der Waals surface area contributed by atoms with Crippen LogP contribution in [0.25, 0.3) is 0 Å². The number of hydrogen-bond donors (Lipinski definition) is 2. The number of alkyl halides is 3. The third kappa shape index (κ3) is 3.74. The van der Waals surface area contributed by atoms with Gasteiger partial charge in [-0.05, 0) is 42.8 Å². The summed E-state index contributed by atoms with van der Waals surface area (Å²) in [6.07, 6.45) is -4.65. The van der Waals surface area contributed by atoms with Crippen LogP contribution in [-0.2, 0) is 4.79 Å². The minimum absolute atomic E-state index is 0.00481. The van der Waals surface area contributed by atoms with E-state index >= 15 is 0 Å². The maximum atomic E-state index is 14.2. The summed E-state index contributed by atoms with van der Waals surface area (Å²) in [6.45, 7) is 1.81. The van der Waals surface area contributed by atoms with E-state index in [4.69, 9.17) is 4.74 Å². The molecule has 158 valence electrons. The number of halogens is 3. The van der Waals surface area contributed by atoms with E-state index in [0.717, 1.165) is 4.90 Å². The van der Waals surface area contributed by atoms with Gasteiger partial charge >= 0.3 is 17.7 Å². The van der Waals surface area contributed by atoms with Gasteiger partial charge in [-0.3, -0.25) is 10.1 Å². The second-order valence-corrected chi connectivity index (χ2v) is 6.73. The van der Waals surface area contributed by atoms with Gasteiger partial charge < -0.3 is 4.74 Å². The lowest BCUT2D eigenvalue weighted by Crippen LogP contribution is -2.96. The van der Waals surface area contributed by atoms with Gasteiger partial charge in [0.05, 0.1) is 19.2 Å². The molecule has 1 atom stereocenters. The van der Waals surface area contributed by atoms with Crippen LogP contribution in [0.4, 0.5) is 13.2 Å². The number of rotatable bonds is 6. The quantitative estimate of drug-likeness (QED) is 0.744. The fourth-order valence-corrected chi connectivity index (χ4v) is 3.20. The number of methoxy groups -OCH3 is 1. The number of nitrogens with zero attached hydrogens (tertiary/aromatic N) is 1. The number of ether oxygens (including phenoxy) is 1. The van der Waals surface area contributed by atoms with E-state index in [1.165, 1.54) is 31.4 Å². The highest BCUT2D eigenvalue weighted by Gasteiger charge is 2.72. The fourth-order valence-electron chi connectivity index (χ4n) is 3.20. The van der Waals surface area contributed by atoms with E-state index in [-0.39, 0.29) is 17.9 Å². The predicted octanol–water partition coefficient (Wildman–Crippen LogP) is 1.46. The number of hydrogen-bond acceptors (Lipinski definition) is 3. The van der Waals surface area contributed by atoms with Gasteiger partial charge in [0.25, 0.3) is 11.7 Å². The Hall–Kier alpha value is -3.36. The lowest BCUT2D eigenvalue weighted by atomic mass is 10.1. The largest absolute Gasteiger partial charge is 0.497 e. The molecule has 2 N–H and O–H groups in total. The van der Waals surface area contributed by atoms with Crippen LogP contribution in [0.2, 0.25) is 0 Å². The predicted molar refractivity (Wildman–Crippen MR) is 103 cm³/mol. The topological polar surface area (TPSA) is 72.6 Å². The van der Waals surface area contributed by atoms with Crippen molar-refractivity contribution in [3.63, 3.8) is 0 Å². The van der Waals surface area contributed by atoms with Crippen molar-refractivity contribution in [2.45, 2.75) is 25.2 Å². The number of benzene rings is 2. The van der Waals surface area contributed by atoms with Crippen LogP contribution in [0.5, 0.6) is 5.75 Å². The van der Waals surface area contributed by atoms with Crippen LogP contribution in [-0.4, -0.2) is 48.0 Å². The summed E-state index contributed by atoms with van der Waals surface area (Å²) in [5, 5.41) is 1.90. The van der Waals surface area contributed by atoms with E-state index < -0.39 is 23.7 Å². The van der Waals surface area contributed by atoms with Crippen molar-refractivity contribution >= 4 is 17.6 Å². The SMILES string of the molecule is CCCN1C(=O)[C@@](NC(=O)c2ccc(OC)cc2)(C(F)(F)F)[NH+]=C1c1ccccc1. The number of nitrogens with one attached hydrogen (secondary N) is 2. The standard InChI is InChI=1S/C21H20F3N3O3/c1-3-13-27-17(14-7-5-4-6-8-14)25-20(19(27)29,21(22,23)24)26-18(28)15-9-11-16(30-2)12-10-15/h4-12H,3,13H2,1-2H3,(H,26,28)/p+1/t20-/m1/s1. The number of carbonyl (C=O) groups excluding carboxylic acids is 2. The highest BCUT2D eigenvalue weighted by molar-refractivity contribution is 6.11. The summed E-state index contributed by atoms with van der Waals surface area (Å²) in [7, 11) is 1.43. The van der Waals surface area contributed by atoms with Crippen molar-refractivity contribution in [1.29, 1.82) is 0 Å². The molecule has 2 amide bonds. The first-order chi connectivity index (χ1) is 14.2. The van der Waals surface area contributed by atoms with Gasteiger partial charge in [-0.25, -0.2) is 9.79 Å². The minimum Gasteiger partial charge on any atom is -0.497 e. The molecule has 0 bridgehead atoms. The maximum Gasteiger partial charge on any atom is 0.465 e. The molecule has 1 aliphatic rings. The molecule has 0 spiro atoms. The van der Waals surface area contributed by atoms with Crippen molar-refractivity contribution < 1.29 is 32.5 Å². The summed E-state index contributed by atoms with van der Waals surface area (Å²) in [5.41, 5.74) is -2.90. The van der Waals surface area contributed by atoms with E-state index in [1.54, 1.807) is 37.3 Å². The molecule has 1 heterocycles. The zero-order chi connectivity index (χ0) is 21.9. The Morgan fingerprint density at radius 2 is 1.77 bits per heavy atom. The molecule has 30 heavy (non-hydrogen) atoms. The van der Waals surface area contributed by atoms with Gasteiger partial charge in [-0.15, -0.1) is 0 Å². The van der Waals surface area contributed by atoms with Gasteiger partial charge in [0.1, 0.15) is 5.75 Å². The second kappa shape index (κ2) is 8.17. The lowest BCUT2D eigenvalue weighted by Gasteiger charge is -2.24. The molecule has 9 heteroatoms. The molecule has 3 rings (SSSR count). The van der Waals surface area contributed by atoms with E-state index in [2.05, 4.69) is 4.99 Å². The Morgan fingerprint density at radius 1 is 1.13 bits per heavy atom. The molecule has 0 aromatic heterocycles. The van der Waals surface area contributed by atoms with Crippen molar-refractivity contribution in [3.05, 3.63) is 65.7 Å². The zero-order valence-electron chi connectivity index (χ0n) is 16.4. The van der Waals surface area contributed by atoms with Gasteiger partial charge in [0.15, 0.2) is 0 Å². The monoisotopic (exact) mass is 420 g/mol. The van der Waals surface area contributed by atoms with E-state index in [9.17, 15) is 22.8 Å². The van der Waals surface area contributed by atoms with Crippen LogP contribution in [0.15, 0.2) is 54.6 Å². The molecule has 0 unspecified atom stereocenters. The Bertz CT molecular complexity index is 959. The average Bonchev–Trinajstić information content (AvgIpc) is 3.02. The normalized spacial score (nSPS) is 18.9. The highest BCUT2D eigenvalue weighted by atomic mass is 19.4. The van der Waals surface area contributed by atoms with Crippen molar-refractivity contribution in [2.75, 3.05) is 13.7 Å². The number of amidine groups is 1. The molecule has 2 aromatic rings. The van der Waals surface area contributed by atoms with Gasteiger partial charge in [0, 0.05) is 5.56 Å². The molecule has 1 aliphatic heterocycles. The third-order valence-electron chi connectivity index (χ3n) is 4.71. The lowest BCUT2D eigenvalue weighted by molar-refractivity contribution is -0.580. The highest BCUT2D eigenvalue weighted by Crippen LogP contribution is 2.30. The second-order valence-electron chi connectivity index (χ2n) is 6.73. The van der Waals surface area contributed by atoms with Crippen molar-refractivity contribution in [3.8, 4) is 5.75 Å². The summed E-state index contributed by atoms with van der Waals surface area (Å²) in [5.74, 6) is -1.88. The van der Waals surface area contributed by atoms with Gasteiger partial charge in [-0.2, -0.15) is 18.1 Å². The van der Waals surface area contributed by atoms with E-state index in [1.807, 2.05) is 5.32 Å². The maximum absolute atomic E-state index is 14.2. The average molecular weight is 420 g/mol. The number of carbonyl (C=O) groups is 2. The fraction of sp³-hybridized carbons (Fsp3) is 0.286. The van der Waals surface area contributed by atoms with Crippen LogP contribution in [0, 0.1) is 0 Å². The molecular weight excluding hydrogens is 399 g/mol. The minimum atomic E-state index is -5.09. The smallest absolute Gasteiger partial charge is 0.465 e. The van der Waals surface area contributed by atoms with Crippen molar-refractivity contribution in [1.82, 2.24) is 10.2 Å². The third-order valence-corrected chi connectivity index (χ3v) is 4.71. The van der Waals surface area contributed by atoms with E-state index in [0.29, 0.717) is 17.7 Å². The molecule has 0 aliphatic carbocycles. The summed E-state index contributed by atoms with van der Waals surface area (Å²) < 4.78 is 47.6.